The molecule has 3 rings (SSSR count). The Morgan fingerprint density at radius 1 is 1.00 bits per heavy atom. The van der Waals surface area contributed by atoms with Crippen LogP contribution in [0.1, 0.15) is 25.0 Å². The topological polar surface area (TPSA) is 39.4 Å². The Morgan fingerprint density at radius 3 is 2.30 bits per heavy atom. The van der Waals surface area contributed by atoms with E-state index in [4.69, 9.17) is 9.15 Å². The van der Waals surface area contributed by atoms with E-state index in [-0.39, 0.29) is 5.63 Å². The summed E-state index contributed by atoms with van der Waals surface area (Å²) < 4.78 is 10.8. The summed E-state index contributed by atoms with van der Waals surface area (Å²) in [5, 5.41) is 0.868. The minimum atomic E-state index is -0.293. The summed E-state index contributed by atoms with van der Waals surface area (Å²) >= 11 is 0. The SMILES string of the molecule is CCc1cccc(CC)c1-c1cc2cc(OC)ccc2oc1=O. The molecule has 0 N–H and O–H groups in total. The van der Waals surface area contributed by atoms with Crippen molar-refractivity contribution >= 4 is 11.0 Å². The maximum absolute atomic E-state index is 12.5. The molecule has 0 spiro atoms. The fourth-order valence-corrected chi connectivity index (χ4v) is 2.99. The highest BCUT2D eigenvalue weighted by molar-refractivity contribution is 5.84. The first-order valence-corrected chi connectivity index (χ1v) is 7.91. The standard InChI is InChI=1S/C20H20O3/c1-4-13-7-6-8-14(5-2)19(13)17-12-15-11-16(22-3)9-10-18(15)23-20(17)21/h6-12H,4-5H2,1-3H3. The number of hydrogen-bond acceptors (Lipinski definition) is 3. The number of fused-ring (bicyclic) bond motifs is 1. The van der Waals surface area contributed by atoms with E-state index in [2.05, 4.69) is 26.0 Å². The highest BCUT2D eigenvalue weighted by Crippen LogP contribution is 2.30. The van der Waals surface area contributed by atoms with Gasteiger partial charge in [0.15, 0.2) is 0 Å². The second kappa shape index (κ2) is 6.29. The quantitative estimate of drug-likeness (QED) is 0.662. The largest absolute Gasteiger partial charge is 0.497 e. The zero-order valence-electron chi connectivity index (χ0n) is 13.7. The number of ether oxygens (including phenoxy) is 1. The van der Waals surface area contributed by atoms with Gasteiger partial charge in [-0.25, -0.2) is 4.79 Å². The molecule has 0 bridgehead atoms. The lowest BCUT2D eigenvalue weighted by atomic mass is 9.92. The van der Waals surface area contributed by atoms with E-state index in [0.29, 0.717) is 11.1 Å². The third kappa shape index (κ3) is 2.74. The Bertz CT molecular complexity index is 884. The molecule has 0 saturated heterocycles. The molecule has 0 aliphatic heterocycles. The average molecular weight is 308 g/mol. The van der Waals surface area contributed by atoms with Gasteiger partial charge in [-0.05, 0) is 53.8 Å². The summed E-state index contributed by atoms with van der Waals surface area (Å²) in [5.74, 6) is 0.747. The summed E-state index contributed by atoms with van der Waals surface area (Å²) in [7, 11) is 1.63. The first-order chi connectivity index (χ1) is 11.2. The van der Waals surface area contributed by atoms with Crippen LogP contribution in [-0.4, -0.2) is 7.11 Å². The van der Waals surface area contributed by atoms with Gasteiger partial charge < -0.3 is 9.15 Å². The molecule has 3 heteroatoms. The number of methoxy groups -OCH3 is 1. The number of benzene rings is 2. The first kappa shape index (κ1) is 15.3. The van der Waals surface area contributed by atoms with Crippen molar-refractivity contribution in [2.75, 3.05) is 7.11 Å². The Labute approximate surface area is 135 Å². The summed E-state index contributed by atoms with van der Waals surface area (Å²) in [5.41, 5.74) is 4.25. The molecule has 1 heterocycles. The molecule has 3 nitrogen and oxygen atoms in total. The predicted octanol–water partition coefficient (Wildman–Crippen LogP) is 4.59. The Kier molecular flexibility index (Phi) is 4.20. The molecular formula is C20H20O3. The van der Waals surface area contributed by atoms with Gasteiger partial charge in [-0.3, -0.25) is 0 Å². The molecule has 0 saturated carbocycles. The maximum Gasteiger partial charge on any atom is 0.344 e. The smallest absolute Gasteiger partial charge is 0.344 e. The van der Waals surface area contributed by atoms with Crippen molar-refractivity contribution in [1.82, 2.24) is 0 Å². The monoisotopic (exact) mass is 308 g/mol. The summed E-state index contributed by atoms with van der Waals surface area (Å²) in [4.78, 5) is 12.5. The zero-order valence-corrected chi connectivity index (χ0v) is 13.7. The number of aryl methyl sites for hydroxylation is 2. The van der Waals surface area contributed by atoms with E-state index >= 15 is 0 Å². The molecule has 23 heavy (non-hydrogen) atoms. The highest BCUT2D eigenvalue weighted by atomic mass is 16.5. The first-order valence-electron chi connectivity index (χ1n) is 7.91. The van der Waals surface area contributed by atoms with E-state index in [0.717, 1.165) is 29.5 Å². The van der Waals surface area contributed by atoms with E-state index in [1.54, 1.807) is 19.2 Å². The number of rotatable bonds is 4. The second-order valence-corrected chi connectivity index (χ2v) is 5.51. The van der Waals surface area contributed by atoms with Gasteiger partial charge in [0.05, 0.1) is 12.7 Å². The van der Waals surface area contributed by atoms with Crippen LogP contribution >= 0.6 is 0 Å². The maximum atomic E-state index is 12.5. The van der Waals surface area contributed by atoms with Crippen LogP contribution in [-0.2, 0) is 12.8 Å². The van der Waals surface area contributed by atoms with Crippen molar-refractivity contribution in [2.45, 2.75) is 26.7 Å². The van der Waals surface area contributed by atoms with Crippen LogP contribution < -0.4 is 10.4 Å². The highest BCUT2D eigenvalue weighted by Gasteiger charge is 2.14. The second-order valence-electron chi connectivity index (χ2n) is 5.51. The molecule has 0 fully saturated rings. The summed E-state index contributed by atoms with van der Waals surface area (Å²) in [6.45, 7) is 4.20. The van der Waals surface area contributed by atoms with Crippen LogP contribution in [0.2, 0.25) is 0 Å². The lowest BCUT2D eigenvalue weighted by Crippen LogP contribution is -2.06. The predicted molar refractivity (Wildman–Crippen MR) is 93.2 cm³/mol. The van der Waals surface area contributed by atoms with Crippen molar-refractivity contribution in [1.29, 1.82) is 0 Å². The number of hydrogen-bond donors (Lipinski definition) is 0. The van der Waals surface area contributed by atoms with E-state index in [1.165, 1.54) is 11.1 Å². The lowest BCUT2D eigenvalue weighted by molar-refractivity contribution is 0.415. The summed E-state index contributed by atoms with van der Waals surface area (Å²) in [6.07, 6.45) is 1.75. The van der Waals surface area contributed by atoms with Gasteiger partial charge in [0.2, 0.25) is 0 Å². The van der Waals surface area contributed by atoms with Gasteiger partial charge in [-0.2, -0.15) is 0 Å². The fourth-order valence-electron chi connectivity index (χ4n) is 2.99. The molecule has 2 aromatic carbocycles. The van der Waals surface area contributed by atoms with Crippen molar-refractivity contribution in [3.8, 4) is 16.9 Å². The van der Waals surface area contributed by atoms with Crippen LogP contribution in [0.4, 0.5) is 0 Å². The minimum Gasteiger partial charge on any atom is -0.497 e. The van der Waals surface area contributed by atoms with Crippen molar-refractivity contribution in [2.24, 2.45) is 0 Å². The molecule has 0 unspecified atom stereocenters. The van der Waals surface area contributed by atoms with Gasteiger partial charge in [-0.1, -0.05) is 32.0 Å². The van der Waals surface area contributed by atoms with Crippen LogP contribution in [0.15, 0.2) is 51.7 Å². The molecule has 0 aliphatic rings. The minimum absolute atomic E-state index is 0.293. The van der Waals surface area contributed by atoms with Gasteiger partial charge in [0.1, 0.15) is 11.3 Å². The van der Waals surface area contributed by atoms with Crippen LogP contribution in [0, 0.1) is 0 Å². The van der Waals surface area contributed by atoms with E-state index < -0.39 is 0 Å². The van der Waals surface area contributed by atoms with Crippen molar-refractivity contribution < 1.29 is 9.15 Å². The van der Waals surface area contributed by atoms with E-state index in [1.807, 2.05) is 18.2 Å². The summed E-state index contributed by atoms with van der Waals surface area (Å²) in [6, 6.07) is 13.6. The molecule has 0 atom stereocenters. The van der Waals surface area contributed by atoms with Crippen molar-refractivity contribution in [3.05, 3.63) is 64.0 Å². The fraction of sp³-hybridized carbons (Fsp3) is 0.250. The Balaban J connectivity index is 2.32. The molecule has 0 amide bonds. The molecular weight excluding hydrogens is 288 g/mol. The molecule has 0 radical (unpaired) electrons. The normalized spacial score (nSPS) is 10.9. The Morgan fingerprint density at radius 2 is 1.70 bits per heavy atom. The lowest BCUT2D eigenvalue weighted by Gasteiger charge is -2.13. The average Bonchev–Trinajstić information content (AvgIpc) is 2.60. The molecule has 118 valence electrons. The van der Waals surface area contributed by atoms with Gasteiger partial charge in [0.25, 0.3) is 0 Å². The zero-order chi connectivity index (χ0) is 16.4. The third-order valence-electron chi connectivity index (χ3n) is 4.21. The molecule has 3 aromatic rings. The molecule has 1 aromatic heterocycles. The van der Waals surface area contributed by atoms with Gasteiger partial charge in [0, 0.05) is 5.39 Å². The van der Waals surface area contributed by atoms with Gasteiger partial charge in [-0.15, -0.1) is 0 Å². The van der Waals surface area contributed by atoms with E-state index in [9.17, 15) is 4.79 Å². The van der Waals surface area contributed by atoms with Gasteiger partial charge >= 0.3 is 5.63 Å². The molecule has 0 aliphatic carbocycles. The third-order valence-corrected chi connectivity index (χ3v) is 4.21. The van der Waals surface area contributed by atoms with Crippen LogP contribution in [0.25, 0.3) is 22.1 Å². The van der Waals surface area contributed by atoms with Crippen LogP contribution in [0.3, 0.4) is 0 Å². The van der Waals surface area contributed by atoms with Crippen molar-refractivity contribution in [3.63, 3.8) is 0 Å². The Hall–Kier alpha value is -2.55. The van der Waals surface area contributed by atoms with Crippen LogP contribution in [0.5, 0.6) is 5.75 Å².